The molecule has 34 heavy (non-hydrogen) atoms. The monoisotopic (exact) mass is 512 g/mol. The van der Waals surface area contributed by atoms with Crippen molar-refractivity contribution in [1.82, 2.24) is 0 Å². The molecule has 4 atom stereocenters. The van der Waals surface area contributed by atoms with Gasteiger partial charge in [0.15, 0.2) is 22.4 Å². The summed E-state index contributed by atoms with van der Waals surface area (Å²) in [5.74, 6) is -1.21. The molecule has 1 saturated carbocycles. The highest BCUT2D eigenvalue weighted by Gasteiger charge is 2.80. The van der Waals surface area contributed by atoms with Gasteiger partial charge in [0.2, 0.25) is 0 Å². The highest BCUT2D eigenvalue weighted by Crippen LogP contribution is 2.70. The number of allylic oxidation sites excluding steroid dienone is 2. The molecule has 0 amide bonds. The van der Waals surface area contributed by atoms with E-state index in [1.807, 2.05) is 51.7 Å². The van der Waals surface area contributed by atoms with Crippen molar-refractivity contribution < 1.29 is 14.0 Å². The van der Waals surface area contributed by atoms with Crippen LogP contribution >= 0.6 is 23.2 Å². The first kappa shape index (κ1) is 24.4. The van der Waals surface area contributed by atoms with E-state index in [4.69, 9.17) is 27.6 Å². The van der Waals surface area contributed by atoms with Crippen molar-refractivity contribution in [3.63, 3.8) is 0 Å². The summed E-state index contributed by atoms with van der Waals surface area (Å²) in [6.07, 6.45) is 0. The minimum atomic E-state index is -2.60. The summed E-state index contributed by atoms with van der Waals surface area (Å²) in [6, 6.07) is 11.1. The maximum atomic E-state index is 13.6. The summed E-state index contributed by atoms with van der Waals surface area (Å²) in [4.78, 5) is 40.4. The molecule has 6 nitrogen and oxygen atoms in total. The number of halogens is 2. The molecule has 0 bridgehead atoms. The van der Waals surface area contributed by atoms with Crippen LogP contribution in [0, 0.1) is 33.5 Å². The summed E-state index contributed by atoms with van der Waals surface area (Å²) < 4.78 is 5.54. The second kappa shape index (κ2) is 7.65. The molecule has 174 valence electrons. The van der Waals surface area contributed by atoms with Gasteiger partial charge in [-0.3, -0.25) is 9.59 Å². The maximum Gasteiger partial charge on any atom is 0.344 e. The van der Waals surface area contributed by atoms with Crippen molar-refractivity contribution in [2.45, 2.75) is 50.2 Å². The highest BCUT2D eigenvalue weighted by atomic mass is 35.5. The van der Waals surface area contributed by atoms with Crippen molar-refractivity contribution in [1.29, 1.82) is 10.5 Å². The average molecular weight is 513 g/mol. The van der Waals surface area contributed by atoms with Crippen molar-refractivity contribution in [3.8, 4) is 23.5 Å². The lowest BCUT2D eigenvalue weighted by Crippen LogP contribution is -2.72. The summed E-state index contributed by atoms with van der Waals surface area (Å²) >= 11 is 12.5. The van der Waals surface area contributed by atoms with E-state index >= 15 is 0 Å². The quantitative estimate of drug-likeness (QED) is 0.426. The Labute approximate surface area is 208 Å². The standard InChI is InChI=1S/C25H22Cl2N2O4Si/c1-12(2)13-7-6-8-15-14(9-13)16(23(32)33-15)17-22(34(3,4)5)25(11-29)21(31)19(27)18(26)20(30)24(17,25)10-28/h6-9,12,18-19H,1-5H3. The van der Waals surface area contributed by atoms with E-state index in [-0.39, 0.29) is 22.8 Å². The van der Waals surface area contributed by atoms with E-state index in [1.54, 1.807) is 18.2 Å². The van der Waals surface area contributed by atoms with Gasteiger partial charge in [-0.1, -0.05) is 45.6 Å². The van der Waals surface area contributed by atoms with Crippen LogP contribution < -0.4 is 5.63 Å². The number of nitriles is 2. The number of hydrogen-bond acceptors (Lipinski definition) is 6. The Kier molecular flexibility index (Phi) is 5.49. The van der Waals surface area contributed by atoms with Crippen molar-refractivity contribution in [2.75, 3.05) is 0 Å². The Morgan fingerprint density at radius 2 is 1.56 bits per heavy atom. The van der Waals surface area contributed by atoms with Gasteiger partial charge in [-0.15, -0.1) is 23.2 Å². The molecule has 0 aromatic heterocycles. The van der Waals surface area contributed by atoms with Crippen molar-refractivity contribution in [3.05, 3.63) is 51.0 Å². The van der Waals surface area contributed by atoms with Gasteiger partial charge in [0.25, 0.3) is 0 Å². The zero-order valence-corrected chi connectivity index (χ0v) is 21.8. The average Bonchev–Trinajstić information content (AvgIpc) is 2.91. The van der Waals surface area contributed by atoms with Gasteiger partial charge in [0.1, 0.15) is 16.5 Å². The zero-order valence-electron chi connectivity index (χ0n) is 19.3. The number of alkyl halides is 2. The van der Waals surface area contributed by atoms with Crippen LogP contribution in [0.5, 0.6) is 0 Å². The first-order valence-electron chi connectivity index (χ1n) is 10.8. The van der Waals surface area contributed by atoms with E-state index in [0.29, 0.717) is 10.8 Å². The Bertz CT molecular complexity index is 1410. The predicted octanol–water partition coefficient (Wildman–Crippen LogP) is 4.90. The zero-order chi connectivity index (χ0) is 25.4. The van der Waals surface area contributed by atoms with Gasteiger partial charge in [-0.25, -0.2) is 4.79 Å². The predicted molar refractivity (Wildman–Crippen MR) is 131 cm³/mol. The van der Waals surface area contributed by atoms with E-state index in [1.165, 1.54) is 0 Å². The number of fused-ring (bicyclic) bond motifs is 2. The molecule has 9 heteroatoms. The minimum Gasteiger partial charge on any atom is -0.422 e. The van der Waals surface area contributed by atoms with Crippen LogP contribution in [0.3, 0.4) is 0 Å². The van der Waals surface area contributed by atoms with Crippen LogP contribution in [-0.4, -0.2) is 30.4 Å². The van der Waals surface area contributed by atoms with Gasteiger partial charge >= 0.3 is 5.63 Å². The Balaban J connectivity index is 2.23. The van der Waals surface area contributed by atoms with Gasteiger partial charge in [-0.05, 0) is 34.4 Å². The highest BCUT2D eigenvalue weighted by molar-refractivity contribution is 6.86. The summed E-state index contributed by atoms with van der Waals surface area (Å²) in [7, 11) is -2.60. The van der Waals surface area contributed by atoms with E-state index in [0.717, 1.165) is 5.56 Å². The molecule has 4 aliphatic rings. The number of carbonyl (C=O) groups is 2. The van der Waals surface area contributed by atoms with Crippen LogP contribution in [0.25, 0.3) is 16.9 Å². The van der Waals surface area contributed by atoms with Gasteiger partial charge in [-0.2, -0.15) is 10.5 Å². The number of ketones is 2. The Morgan fingerprint density at radius 1 is 1.00 bits per heavy atom. The van der Waals surface area contributed by atoms with Crippen LogP contribution in [0.4, 0.5) is 0 Å². The molecule has 0 radical (unpaired) electrons. The number of Topliss-reactive ketones (excluding diaryl/α,β-unsaturated/α-hetero) is 2. The van der Waals surface area contributed by atoms with Crippen molar-refractivity contribution >= 4 is 48.4 Å². The lowest BCUT2D eigenvalue weighted by atomic mass is 9.43. The fourth-order valence-corrected chi connectivity index (χ4v) is 8.50. The molecule has 3 aliphatic carbocycles. The minimum absolute atomic E-state index is 0.0380. The van der Waals surface area contributed by atoms with Gasteiger partial charge in [0, 0.05) is 5.56 Å². The normalized spacial score (nSPS) is 29.0. The Hall–Kier alpha value is -2.71. The number of furan rings is 1. The third-order valence-corrected chi connectivity index (χ3v) is 10.0. The van der Waals surface area contributed by atoms with Crippen LogP contribution in [-0.2, 0) is 9.59 Å². The first-order valence-corrected chi connectivity index (χ1v) is 15.2. The molecule has 0 aromatic rings. The fraction of sp³-hybridized carbons (Fsp3) is 0.400. The Morgan fingerprint density at radius 3 is 2.06 bits per heavy atom. The summed E-state index contributed by atoms with van der Waals surface area (Å²) in [6.45, 7) is 9.66. The second-order valence-electron chi connectivity index (χ2n) is 10.1. The smallest absolute Gasteiger partial charge is 0.344 e. The first-order chi connectivity index (χ1) is 15.8. The van der Waals surface area contributed by atoms with E-state index < -0.39 is 46.9 Å². The summed E-state index contributed by atoms with van der Waals surface area (Å²) in [5.41, 5.74) is -3.61. The van der Waals surface area contributed by atoms with Gasteiger partial charge < -0.3 is 4.42 Å². The number of carbonyl (C=O) groups excluding carboxylic acids is 2. The number of rotatable bonds is 3. The van der Waals surface area contributed by atoms with Crippen LogP contribution in [0.2, 0.25) is 19.6 Å². The number of nitrogens with zero attached hydrogens (tertiary/aromatic N) is 2. The third kappa shape index (κ3) is 2.75. The van der Waals surface area contributed by atoms with Crippen LogP contribution in [0.15, 0.2) is 38.7 Å². The molecule has 1 fully saturated rings. The SMILES string of the molecule is CC(C)c1cccc2oc(=O)c(C3=C([Si](C)(C)C)C4(C#N)C(=O)C(Cl)C(Cl)C(=O)C34C#N)c-2c1. The largest absolute Gasteiger partial charge is 0.422 e. The van der Waals surface area contributed by atoms with E-state index in [2.05, 4.69) is 0 Å². The molecule has 0 N–H and O–H groups in total. The molecule has 0 spiro atoms. The molecule has 4 unspecified atom stereocenters. The molecular formula is C25H22Cl2N2O4Si. The molecule has 1 aliphatic heterocycles. The van der Waals surface area contributed by atoms with Crippen molar-refractivity contribution in [2.24, 2.45) is 10.8 Å². The molecule has 4 rings (SSSR count). The lowest BCUT2D eigenvalue weighted by Gasteiger charge is -2.58. The fourth-order valence-electron chi connectivity index (χ4n) is 5.39. The maximum absolute atomic E-state index is 13.6. The molecule has 0 aromatic carbocycles. The molecule has 0 saturated heterocycles. The molecule has 1 heterocycles. The van der Waals surface area contributed by atoms with Gasteiger partial charge in [0.05, 0.1) is 25.8 Å². The number of hydrogen-bond donors (Lipinski definition) is 0. The third-order valence-electron chi connectivity index (χ3n) is 6.85. The summed E-state index contributed by atoms with van der Waals surface area (Å²) in [5, 5.41) is 18.2. The topological polar surface area (TPSA) is 112 Å². The van der Waals surface area contributed by atoms with E-state index in [9.17, 15) is 24.9 Å². The van der Waals surface area contributed by atoms with Crippen LogP contribution in [0.1, 0.15) is 30.9 Å². The molecular weight excluding hydrogens is 491 g/mol. The second-order valence-corrected chi connectivity index (χ2v) is 16.1. The lowest BCUT2D eigenvalue weighted by molar-refractivity contribution is -0.141.